The van der Waals surface area contributed by atoms with E-state index in [-0.39, 0.29) is 12.5 Å². The first-order valence-corrected chi connectivity index (χ1v) is 6.28. The van der Waals surface area contributed by atoms with Crippen LogP contribution >= 0.6 is 0 Å². The van der Waals surface area contributed by atoms with Crippen LogP contribution in [0, 0.1) is 0 Å². The average molecular weight is 278 g/mol. The first-order valence-electron chi connectivity index (χ1n) is 6.28. The zero-order valence-corrected chi connectivity index (χ0v) is 11.4. The molecule has 1 amide bonds. The van der Waals surface area contributed by atoms with E-state index >= 15 is 0 Å². The van der Waals surface area contributed by atoms with Gasteiger partial charge >= 0.3 is 0 Å². The number of methoxy groups -OCH3 is 1. The second-order valence-electron chi connectivity index (χ2n) is 4.60. The van der Waals surface area contributed by atoms with Gasteiger partial charge in [0.05, 0.1) is 7.11 Å². The molecule has 0 aliphatic rings. The van der Waals surface area contributed by atoms with Gasteiger partial charge in [0.15, 0.2) is 0 Å². The molecule has 2 unspecified atom stereocenters. The maximum atomic E-state index is 10.8. The summed E-state index contributed by atoms with van der Waals surface area (Å²) in [6.07, 6.45) is -0.530. The van der Waals surface area contributed by atoms with Crippen LogP contribution in [0.2, 0.25) is 0 Å². The summed E-state index contributed by atoms with van der Waals surface area (Å²) in [4.78, 5) is 13.9. The summed E-state index contributed by atoms with van der Waals surface area (Å²) in [5, 5.41) is 23.4. The Bertz CT molecular complexity index is 608. The Hall–Kier alpha value is -2.05. The van der Waals surface area contributed by atoms with Crippen LogP contribution in [0.3, 0.4) is 0 Å². The average Bonchev–Trinajstić information content (AvgIpc) is 2.86. The molecule has 0 fully saturated rings. The molecule has 1 heterocycles. The number of rotatable bonds is 5. The molecular formula is C14H18N2O4. The molecule has 1 aromatic carbocycles. The predicted octanol–water partition coefficient (Wildman–Crippen LogP) is 0.707. The van der Waals surface area contributed by atoms with Gasteiger partial charge in [0.2, 0.25) is 5.91 Å². The van der Waals surface area contributed by atoms with Gasteiger partial charge in [-0.1, -0.05) is 0 Å². The van der Waals surface area contributed by atoms with Gasteiger partial charge in [-0.25, -0.2) is 0 Å². The second-order valence-corrected chi connectivity index (χ2v) is 4.60. The van der Waals surface area contributed by atoms with E-state index in [4.69, 9.17) is 4.74 Å². The van der Waals surface area contributed by atoms with Crippen molar-refractivity contribution in [1.29, 1.82) is 0 Å². The lowest BCUT2D eigenvalue weighted by atomic mass is 10.0. The molecule has 0 spiro atoms. The molecule has 4 N–H and O–H groups in total. The predicted molar refractivity (Wildman–Crippen MR) is 74.5 cm³/mol. The topological polar surface area (TPSA) is 94.6 Å². The third-order valence-electron chi connectivity index (χ3n) is 3.16. The number of nitrogens with one attached hydrogen (secondary N) is 2. The summed E-state index contributed by atoms with van der Waals surface area (Å²) >= 11 is 0. The number of amides is 1. The lowest BCUT2D eigenvalue weighted by molar-refractivity contribution is -0.119. The van der Waals surface area contributed by atoms with Crippen molar-refractivity contribution < 1.29 is 19.7 Å². The van der Waals surface area contributed by atoms with Gasteiger partial charge in [-0.3, -0.25) is 4.79 Å². The Kier molecular flexibility index (Phi) is 4.26. The molecule has 1 aromatic heterocycles. The Morgan fingerprint density at radius 1 is 1.45 bits per heavy atom. The first kappa shape index (κ1) is 14.4. The molecule has 2 aromatic rings. The fourth-order valence-corrected chi connectivity index (χ4v) is 2.06. The van der Waals surface area contributed by atoms with Crippen LogP contribution in [0.5, 0.6) is 5.75 Å². The number of aromatic nitrogens is 1. The second kappa shape index (κ2) is 5.94. The summed E-state index contributed by atoms with van der Waals surface area (Å²) in [5.74, 6) is 0.416. The Morgan fingerprint density at radius 3 is 2.85 bits per heavy atom. The Balaban J connectivity index is 2.24. The number of hydrogen-bond acceptors (Lipinski definition) is 4. The zero-order valence-electron chi connectivity index (χ0n) is 11.4. The van der Waals surface area contributed by atoms with Crippen LogP contribution < -0.4 is 10.1 Å². The summed E-state index contributed by atoms with van der Waals surface area (Å²) in [7, 11) is 1.57. The van der Waals surface area contributed by atoms with Crippen LogP contribution in [-0.2, 0) is 4.79 Å². The lowest BCUT2D eigenvalue weighted by Crippen LogP contribution is -2.34. The minimum Gasteiger partial charge on any atom is -0.497 e. The minimum atomic E-state index is -1.09. The van der Waals surface area contributed by atoms with E-state index in [1.807, 2.05) is 12.1 Å². The van der Waals surface area contributed by atoms with Crippen molar-refractivity contribution in [2.24, 2.45) is 0 Å². The summed E-state index contributed by atoms with van der Waals surface area (Å²) in [5.41, 5.74) is 1.41. The van der Waals surface area contributed by atoms with Gasteiger partial charge in [-0.15, -0.1) is 0 Å². The molecule has 0 aliphatic heterocycles. The molecule has 0 aliphatic carbocycles. The number of fused-ring (bicyclic) bond motifs is 1. The summed E-state index contributed by atoms with van der Waals surface area (Å²) in [6.45, 7) is 1.35. The van der Waals surface area contributed by atoms with Crippen LogP contribution in [0.4, 0.5) is 0 Å². The molecular weight excluding hydrogens is 260 g/mol. The third-order valence-corrected chi connectivity index (χ3v) is 3.16. The van der Waals surface area contributed by atoms with E-state index in [1.54, 1.807) is 19.4 Å². The van der Waals surface area contributed by atoms with E-state index in [0.29, 0.717) is 11.3 Å². The number of ether oxygens (including phenoxy) is 1. The first-order chi connectivity index (χ1) is 9.52. The SMILES string of the molecule is COc1ccc2[nH]cc(C(O)C(O)CNC(C)=O)c2c1. The smallest absolute Gasteiger partial charge is 0.216 e. The molecule has 108 valence electrons. The summed E-state index contributed by atoms with van der Waals surface area (Å²) < 4.78 is 5.15. The van der Waals surface area contributed by atoms with Crippen LogP contribution in [0.25, 0.3) is 10.9 Å². The highest BCUT2D eigenvalue weighted by atomic mass is 16.5. The van der Waals surface area contributed by atoms with E-state index < -0.39 is 12.2 Å². The van der Waals surface area contributed by atoms with Crippen LogP contribution in [-0.4, -0.2) is 40.9 Å². The number of aromatic amines is 1. The molecule has 0 radical (unpaired) electrons. The fraction of sp³-hybridized carbons (Fsp3) is 0.357. The maximum absolute atomic E-state index is 10.8. The third kappa shape index (κ3) is 2.92. The number of benzene rings is 1. The molecule has 0 saturated carbocycles. The van der Waals surface area contributed by atoms with Crippen LogP contribution in [0.1, 0.15) is 18.6 Å². The highest BCUT2D eigenvalue weighted by Gasteiger charge is 2.21. The monoisotopic (exact) mass is 278 g/mol. The van der Waals surface area contributed by atoms with Gasteiger partial charge in [0.25, 0.3) is 0 Å². The minimum absolute atomic E-state index is 0.00680. The van der Waals surface area contributed by atoms with E-state index in [9.17, 15) is 15.0 Å². The largest absolute Gasteiger partial charge is 0.497 e. The molecule has 6 heteroatoms. The number of carbonyl (C=O) groups is 1. The van der Waals surface area contributed by atoms with E-state index in [2.05, 4.69) is 10.3 Å². The number of hydrogen-bond donors (Lipinski definition) is 4. The normalized spacial score (nSPS) is 14.0. The van der Waals surface area contributed by atoms with Gasteiger partial charge < -0.3 is 25.3 Å². The van der Waals surface area contributed by atoms with Crippen molar-refractivity contribution in [1.82, 2.24) is 10.3 Å². The molecule has 20 heavy (non-hydrogen) atoms. The number of carbonyl (C=O) groups excluding carboxylic acids is 1. The molecule has 2 atom stereocenters. The highest BCUT2D eigenvalue weighted by Crippen LogP contribution is 2.29. The van der Waals surface area contributed by atoms with Crippen molar-refractivity contribution in [3.05, 3.63) is 30.0 Å². The van der Waals surface area contributed by atoms with E-state index in [1.165, 1.54) is 6.92 Å². The number of H-pyrrole nitrogens is 1. The molecule has 6 nitrogen and oxygen atoms in total. The van der Waals surface area contributed by atoms with Gasteiger partial charge in [0, 0.05) is 36.1 Å². The standard InChI is InChI=1S/C14H18N2O4/c1-8(17)15-7-13(18)14(19)11-6-16-12-4-3-9(20-2)5-10(11)12/h3-6,13-14,16,18-19H,7H2,1-2H3,(H,15,17). The maximum Gasteiger partial charge on any atom is 0.216 e. The van der Waals surface area contributed by atoms with Crippen molar-refractivity contribution in [3.63, 3.8) is 0 Å². The van der Waals surface area contributed by atoms with Crippen molar-refractivity contribution >= 4 is 16.8 Å². The van der Waals surface area contributed by atoms with Gasteiger partial charge in [-0.2, -0.15) is 0 Å². The van der Waals surface area contributed by atoms with Gasteiger partial charge in [0.1, 0.15) is 18.0 Å². The molecule has 2 rings (SSSR count). The highest BCUT2D eigenvalue weighted by molar-refractivity contribution is 5.85. The lowest BCUT2D eigenvalue weighted by Gasteiger charge is -2.17. The van der Waals surface area contributed by atoms with Crippen molar-refractivity contribution in [2.45, 2.75) is 19.1 Å². The Labute approximate surface area is 116 Å². The van der Waals surface area contributed by atoms with E-state index in [0.717, 1.165) is 10.9 Å². The summed E-state index contributed by atoms with van der Waals surface area (Å²) in [6, 6.07) is 5.43. The quantitative estimate of drug-likeness (QED) is 0.648. The number of aliphatic hydroxyl groups excluding tert-OH is 2. The van der Waals surface area contributed by atoms with Crippen molar-refractivity contribution in [3.8, 4) is 5.75 Å². The zero-order chi connectivity index (χ0) is 14.7. The van der Waals surface area contributed by atoms with Gasteiger partial charge in [-0.05, 0) is 18.2 Å². The Morgan fingerprint density at radius 2 is 2.20 bits per heavy atom. The molecule has 0 saturated heterocycles. The van der Waals surface area contributed by atoms with Crippen LogP contribution in [0.15, 0.2) is 24.4 Å². The fourth-order valence-electron chi connectivity index (χ4n) is 2.06. The number of aliphatic hydroxyl groups is 2. The van der Waals surface area contributed by atoms with Crippen molar-refractivity contribution in [2.75, 3.05) is 13.7 Å². The molecule has 0 bridgehead atoms.